The maximum atomic E-state index is 5.85. The third-order valence-corrected chi connectivity index (χ3v) is 8.75. The molecule has 165 valence electrons. The van der Waals surface area contributed by atoms with Crippen LogP contribution in [0.5, 0.6) is 0 Å². The standard InChI is InChI=1S/C19H41N2O5Si2/c1-6-22-27(23-7-2)18-12-16-20-14-11-15-21-17-13-19-28(24-8-3,25-9-4)26-10-5/h14-15H,6-13,16-19H2,1-5H3. The molecular formula is C19H41N2O5Si2. The van der Waals surface area contributed by atoms with Crippen LogP contribution >= 0.6 is 0 Å². The van der Waals surface area contributed by atoms with Crippen molar-refractivity contribution >= 4 is 30.5 Å². The number of nitrogens with zero attached hydrogens (tertiary/aromatic N) is 2. The minimum atomic E-state index is -2.53. The number of rotatable bonds is 20. The molecule has 0 spiro atoms. The zero-order chi connectivity index (χ0) is 20.9. The van der Waals surface area contributed by atoms with Gasteiger partial charge in [0.1, 0.15) is 0 Å². The van der Waals surface area contributed by atoms with Crippen molar-refractivity contribution in [3.63, 3.8) is 0 Å². The van der Waals surface area contributed by atoms with E-state index in [1.165, 1.54) is 0 Å². The van der Waals surface area contributed by atoms with Gasteiger partial charge in [0, 0.05) is 71.0 Å². The Labute approximate surface area is 175 Å². The minimum absolute atomic E-state index is 0.615. The zero-order valence-corrected chi connectivity index (χ0v) is 20.6. The van der Waals surface area contributed by atoms with Crippen LogP contribution < -0.4 is 0 Å². The van der Waals surface area contributed by atoms with Gasteiger partial charge in [0.15, 0.2) is 0 Å². The molecule has 0 N–H and O–H groups in total. The summed E-state index contributed by atoms with van der Waals surface area (Å²) in [6.07, 6.45) is 6.52. The van der Waals surface area contributed by atoms with E-state index in [1.54, 1.807) is 0 Å². The summed E-state index contributed by atoms with van der Waals surface area (Å²) in [6, 6.07) is 1.78. The van der Waals surface area contributed by atoms with E-state index in [0.29, 0.717) is 19.8 Å². The van der Waals surface area contributed by atoms with Crippen molar-refractivity contribution in [3.05, 3.63) is 0 Å². The van der Waals surface area contributed by atoms with Gasteiger partial charge in [0.05, 0.1) is 0 Å². The quantitative estimate of drug-likeness (QED) is 0.165. The van der Waals surface area contributed by atoms with Crippen molar-refractivity contribution in [1.82, 2.24) is 0 Å². The molecular weight excluding hydrogens is 392 g/mol. The SMILES string of the molecule is CCO[Si](CCCN=CCC=NCCC[Si](OCC)(OCC)OCC)OCC. The summed E-state index contributed by atoms with van der Waals surface area (Å²) in [5, 5.41) is 0. The van der Waals surface area contributed by atoms with E-state index >= 15 is 0 Å². The van der Waals surface area contributed by atoms with Gasteiger partial charge in [-0.3, -0.25) is 9.98 Å². The molecule has 9 heteroatoms. The van der Waals surface area contributed by atoms with E-state index in [1.807, 2.05) is 47.0 Å². The van der Waals surface area contributed by atoms with E-state index in [2.05, 4.69) is 9.98 Å². The predicted octanol–water partition coefficient (Wildman–Crippen LogP) is 3.91. The van der Waals surface area contributed by atoms with Crippen LogP contribution in [0, 0.1) is 0 Å². The second-order valence-electron chi connectivity index (χ2n) is 5.84. The topological polar surface area (TPSA) is 70.9 Å². The van der Waals surface area contributed by atoms with Crippen LogP contribution in [0.25, 0.3) is 0 Å². The summed E-state index contributed by atoms with van der Waals surface area (Å²) in [7, 11) is -3.63. The van der Waals surface area contributed by atoms with Gasteiger partial charge < -0.3 is 22.1 Å². The Bertz CT molecular complexity index is 378. The van der Waals surface area contributed by atoms with Crippen LogP contribution in [0.2, 0.25) is 12.1 Å². The third-order valence-electron chi connectivity index (χ3n) is 3.61. The van der Waals surface area contributed by atoms with Crippen molar-refractivity contribution in [2.45, 2.75) is 66.0 Å². The lowest BCUT2D eigenvalue weighted by atomic mass is 10.4. The van der Waals surface area contributed by atoms with E-state index in [-0.39, 0.29) is 0 Å². The molecule has 0 bridgehead atoms. The van der Waals surface area contributed by atoms with E-state index in [9.17, 15) is 0 Å². The lowest BCUT2D eigenvalue weighted by Crippen LogP contribution is -2.46. The summed E-state index contributed by atoms with van der Waals surface area (Å²) in [5.41, 5.74) is 0. The molecule has 0 saturated carbocycles. The van der Waals surface area contributed by atoms with Crippen LogP contribution in [0.4, 0.5) is 0 Å². The van der Waals surface area contributed by atoms with Gasteiger partial charge in [-0.25, -0.2) is 0 Å². The van der Waals surface area contributed by atoms with Gasteiger partial charge in [0.25, 0.3) is 0 Å². The van der Waals surface area contributed by atoms with E-state index in [4.69, 9.17) is 22.1 Å². The largest absolute Gasteiger partial charge is 0.500 e. The Morgan fingerprint density at radius 2 is 1.21 bits per heavy atom. The highest BCUT2D eigenvalue weighted by Crippen LogP contribution is 2.18. The van der Waals surface area contributed by atoms with Gasteiger partial charge in [0.2, 0.25) is 0 Å². The summed E-state index contributed by atoms with van der Waals surface area (Å²) >= 11 is 0. The van der Waals surface area contributed by atoms with Crippen molar-refractivity contribution in [2.24, 2.45) is 9.98 Å². The van der Waals surface area contributed by atoms with Crippen LogP contribution in [0.1, 0.15) is 53.9 Å². The van der Waals surface area contributed by atoms with E-state index < -0.39 is 18.1 Å². The average Bonchev–Trinajstić information content (AvgIpc) is 2.67. The fourth-order valence-corrected chi connectivity index (χ4v) is 6.65. The lowest BCUT2D eigenvalue weighted by molar-refractivity contribution is 0.0710. The Morgan fingerprint density at radius 1 is 0.714 bits per heavy atom. The lowest BCUT2D eigenvalue weighted by Gasteiger charge is -2.28. The molecule has 0 unspecified atom stereocenters. The van der Waals surface area contributed by atoms with Gasteiger partial charge in [-0.1, -0.05) is 0 Å². The average molecular weight is 434 g/mol. The Hall–Kier alpha value is -0.426. The highest BCUT2D eigenvalue weighted by molar-refractivity contribution is 6.60. The van der Waals surface area contributed by atoms with Crippen molar-refractivity contribution < 1.29 is 22.1 Å². The van der Waals surface area contributed by atoms with Crippen LogP contribution in [0.15, 0.2) is 9.98 Å². The molecule has 0 aliphatic carbocycles. The number of aliphatic imine (C=N–C) groups is 2. The molecule has 0 saturated heterocycles. The van der Waals surface area contributed by atoms with Crippen molar-refractivity contribution in [1.29, 1.82) is 0 Å². The van der Waals surface area contributed by atoms with Crippen molar-refractivity contribution in [2.75, 3.05) is 46.1 Å². The second-order valence-corrected chi connectivity index (χ2v) is 10.4. The first-order valence-electron chi connectivity index (χ1n) is 10.7. The van der Waals surface area contributed by atoms with Gasteiger partial charge >= 0.3 is 18.1 Å². The van der Waals surface area contributed by atoms with Crippen molar-refractivity contribution in [3.8, 4) is 0 Å². The molecule has 0 rings (SSSR count). The molecule has 0 heterocycles. The fraction of sp³-hybridized carbons (Fsp3) is 0.895. The molecule has 0 amide bonds. The Morgan fingerprint density at radius 3 is 1.68 bits per heavy atom. The smallest absolute Gasteiger partial charge is 0.394 e. The Balaban J connectivity index is 3.94. The van der Waals surface area contributed by atoms with Gasteiger partial charge in [-0.15, -0.1) is 0 Å². The van der Waals surface area contributed by atoms with Gasteiger partial charge in [-0.2, -0.15) is 0 Å². The maximum absolute atomic E-state index is 5.85. The highest BCUT2D eigenvalue weighted by atomic mass is 28.4. The zero-order valence-electron chi connectivity index (χ0n) is 18.6. The first-order chi connectivity index (χ1) is 13.7. The summed E-state index contributed by atoms with van der Waals surface area (Å²) < 4.78 is 28.8. The van der Waals surface area contributed by atoms with Crippen LogP contribution in [-0.2, 0) is 22.1 Å². The molecule has 28 heavy (non-hydrogen) atoms. The normalized spacial score (nSPS) is 12.8. The molecule has 0 aliphatic rings. The fourth-order valence-electron chi connectivity index (χ4n) is 2.59. The van der Waals surface area contributed by atoms with Crippen LogP contribution in [0.3, 0.4) is 0 Å². The first kappa shape index (κ1) is 27.6. The molecule has 0 fully saturated rings. The summed E-state index contributed by atoms with van der Waals surface area (Å²) in [4.78, 5) is 8.88. The maximum Gasteiger partial charge on any atom is 0.500 e. The monoisotopic (exact) mass is 433 g/mol. The van der Waals surface area contributed by atoms with Crippen LogP contribution in [-0.4, -0.2) is 76.6 Å². The predicted molar refractivity (Wildman–Crippen MR) is 120 cm³/mol. The second kappa shape index (κ2) is 19.9. The summed E-state index contributed by atoms with van der Waals surface area (Å²) in [5.74, 6) is 0. The highest BCUT2D eigenvalue weighted by Gasteiger charge is 2.39. The van der Waals surface area contributed by atoms with Gasteiger partial charge in [-0.05, 0) is 53.5 Å². The third kappa shape index (κ3) is 14.6. The molecule has 1 radical (unpaired) electrons. The molecule has 0 aliphatic heterocycles. The van der Waals surface area contributed by atoms with E-state index in [0.717, 1.165) is 57.7 Å². The first-order valence-corrected chi connectivity index (χ1v) is 14.1. The summed E-state index contributed by atoms with van der Waals surface area (Å²) in [6.45, 7) is 14.8. The molecule has 7 nitrogen and oxygen atoms in total. The molecule has 0 aromatic heterocycles. The Kier molecular flexibility index (Phi) is 19.6. The number of hydrogen-bond donors (Lipinski definition) is 0. The molecule has 0 atom stereocenters. The molecule has 0 aromatic rings. The molecule has 0 aromatic carbocycles. The number of hydrogen-bond acceptors (Lipinski definition) is 7. The minimum Gasteiger partial charge on any atom is -0.394 e.